The van der Waals surface area contributed by atoms with Gasteiger partial charge in [-0.2, -0.15) is 4.98 Å². The fourth-order valence-electron chi connectivity index (χ4n) is 2.95. The summed E-state index contributed by atoms with van der Waals surface area (Å²) in [6.45, 7) is 5.20. The number of benzene rings is 1. The molecule has 3 rings (SSSR count). The third-order valence-electron chi connectivity index (χ3n) is 4.21. The molecule has 0 N–H and O–H groups in total. The smallest absolute Gasteiger partial charge is 0.226 e. The zero-order valence-electron chi connectivity index (χ0n) is 13.1. The molecule has 1 aromatic carbocycles. The Hall–Kier alpha value is -1.94. The maximum atomic E-state index is 5.22. The monoisotopic (exact) mass is 297 g/mol. The van der Waals surface area contributed by atoms with Crippen molar-refractivity contribution < 1.29 is 4.52 Å². The molecule has 0 atom stereocenters. The summed E-state index contributed by atoms with van der Waals surface area (Å²) >= 11 is 0. The average molecular weight is 297 g/mol. The molecule has 4 nitrogen and oxygen atoms in total. The minimum Gasteiger partial charge on any atom is -0.339 e. The summed E-state index contributed by atoms with van der Waals surface area (Å²) in [7, 11) is 0. The van der Waals surface area contributed by atoms with Crippen LogP contribution in [0.3, 0.4) is 0 Å². The summed E-state index contributed by atoms with van der Waals surface area (Å²) in [5, 5.41) is 3.86. The molecule has 116 valence electrons. The Kier molecular flexibility index (Phi) is 5.01. The summed E-state index contributed by atoms with van der Waals surface area (Å²) in [6.07, 6.45) is 7.81. The number of rotatable bonds is 5. The Balaban J connectivity index is 1.41. The Bertz CT molecular complexity index is 598. The van der Waals surface area contributed by atoms with E-state index in [1.165, 1.54) is 18.4 Å². The summed E-state index contributed by atoms with van der Waals surface area (Å²) in [5.74, 6) is 2.20. The van der Waals surface area contributed by atoms with Crippen molar-refractivity contribution >= 4 is 6.08 Å². The van der Waals surface area contributed by atoms with Crippen LogP contribution in [0, 0.1) is 12.8 Å². The third-order valence-corrected chi connectivity index (χ3v) is 4.21. The van der Waals surface area contributed by atoms with E-state index in [1.807, 2.05) is 13.0 Å². The van der Waals surface area contributed by atoms with Gasteiger partial charge in [0.25, 0.3) is 0 Å². The molecule has 0 spiro atoms. The topological polar surface area (TPSA) is 42.2 Å². The largest absolute Gasteiger partial charge is 0.339 e. The first kappa shape index (κ1) is 15.0. The molecular formula is C18H23N3O. The van der Waals surface area contributed by atoms with Crippen LogP contribution < -0.4 is 0 Å². The molecule has 1 aliphatic heterocycles. The molecule has 22 heavy (non-hydrogen) atoms. The van der Waals surface area contributed by atoms with Crippen molar-refractivity contribution in [1.29, 1.82) is 0 Å². The van der Waals surface area contributed by atoms with Crippen molar-refractivity contribution in [1.82, 2.24) is 15.0 Å². The van der Waals surface area contributed by atoms with Crippen molar-refractivity contribution in [2.24, 2.45) is 5.92 Å². The number of hydrogen-bond donors (Lipinski definition) is 0. The normalized spacial score (nSPS) is 17.3. The number of aromatic nitrogens is 2. The average Bonchev–Trinajstić information content (AvgIpc) is 2.95. The molecule has 0 unspecified atom stereocenters. The Morgan fingerprint density at radius 2 is 2.00 bits per heavy atom. The van der Waals surface area contributed by atoms with Gasteiger partial charge in [-0.05, 0) is 44.3 Å². The maximum Gasteiger partial charge on any atom is 0.226 e. The second-order valence-corrected chi connectivity index (χ2v) is 6.00. The molecule has 0 aliphatic carbocycles. The molecule has 0 radical (unpaired) electrons. The highest BCUT2D eigenvalue weighted by Crippen LogP contribution is 2.21. The third kappa shape index (κ3) is 4.28. The van der Waals surface area contributed by atoms with Crippen LogP contribution in [0.2, 0.25) is 0 Å². The van der Waals surface area contributed by atoms with Crippen LogP contribution >= 0.6 is 0 Å². The van der Waals surface area contributed by atoms with E-state index < -0.39 is 0 Å². The second kappa shape index (κ2) is 7.36. The van der Waals surface area contributed by atoms with E-state index in [1.54, 1.807) is 0 Å². The van der Waals surface area contributed by atoms with Gasteiger partial charge in [0.1, 0.15) is 0 Å². The molecule has 0 bridgehead atoms. The van der Waals surface area contributed by atoms with Crippen LogP contribution in [0.4, 0.5) is 0 Å². The van der Waals surface area contributed by atoms with Gasteiger partial charge in [-0.3, -0.25) is 4.90 Å². The van der Waals surface area contributed by atoms with Gasteiger partial charge >= 0.3 is 0 Å². The van der Waals surface area contributed by atoms with Gasteiger partial charge in [0.2, 0.25) is 5.89 Å². The zero-order valence-corrected chi connectivity index (χ0v) is 13.1. The van der Waals surface area contributed by atoms with Gasteiger partial charge < -0.3 is 4.52 Å². The highest BCUT2D eigenvalue weighted by Gasteiger charge is 2.20. The van der Waals surface area contributed by atoms with Crippen molar-refractivity contribution in [2.45, 2.75) is 26.2 Å². The van der Waals surface area contributed by atoms with E-state index in [2.05, 4.69) is 51.5 Å². The number of likely N-dealkylation sites (tertiary alicyclic amines) is 1. The minimum atomic E-state index is 0.675. The van der Waals surface area contributed by atoms with Crippen LogP contribution in [0.15, 0.2) is 40.9 Å². The first-order valence-electron chi connectivity index (χ1n) is 8.03. The van der Waals surface area contributed by atoms with E-state index in [-0.39, 0.29) is 0 Å². The standard InChI is InChI=1S/C18H23N3O/c1-15-19-18(22-20-15)14-17-9-12-21(13-10-17)11-5-8-16-6-3-2-4-7-16/h2-8,17H,9-14H2,1H3/b8-5+. The molecular weight excluding hydrogens is 274 g/mol. The minimum absolute atomic E-state index is 0.675. The van der Waals surface area contributed by atoms with E-state index in [0.29, 0.717) is 5.92 Å². The Morgan fingerprint density at radius 3 is 2.68 bits per heavy atom. The van der Waals surface area contributed by atoms with Crippen LogP contribution in [-0.2, 0) is 6.42 Å². The predicted octanol–water partition coefficient (Wildman–Crippen LogP) is 3.35. The lowest BCUT2D eigenvalue weighted by Gasteiger charge is -2.30. The second-order valence-electron chi connectivity index (χ2n) is 6.00. The summed E-state index contributed by atoms with van der Waals surface area (Å²) in [6, 6.07) is 10.5. The fourth-order valence-corrected chi connectivity index (χ4v) is 2.95. The first-order chi connectivity index (χ1) is 10.8. The van der Waals surface area contributed by atoms with E-state index in [9.17, 15) is 0 Å². The van der Waals surface area contributed by atoms with Crippen LogP contribution in [0.25, 0.3) is 6.08 Å². The van der Waals surface area contributed by atoms with E-state index >= 15 is 0 Å². The van der Waals surface area contributed by atoms with Gasteiger partial charge in [0.05, 0.1) is 0 Å². The van der Waals surface area contributed by atoms with Crippen molar-refractivity contribution in [3.05, 3.63) is 53.7 Å². The fraction of sp³-hybridized carbons (Fsp3) is 0.444. The first-order valence-corrected chi connectivity index (χ1v) is 8.03. The van der Waals surface area contributed by atoms with Gasteiger partial charge in [-0.1, -0.05) is 47.6 Å². The van der Waals surface area contributed by atoms with Gasteiger partial charge in [-0.15, -0.1) is 0 Å². The summed E-state index contributed by atoms with van der Waals surface area (Å²) in [4.78, 5) is 6.81. The summed E-state index contributed by atoms with van der Waals surface area (Å²) in [5.41, 5.74) is 1.27. The zero-order chi connectivity index (χ0) is 15.2. The molecule has 2 heterocycles. The van der Waals surface area contributed by atoms with Gasteiger partial charge in [-0.25, -0.2) is 0 Å². The molecule has 1 aromatic heterocycles. The lowest BCUT2D eigenvalue weighted by Crippen LogP contribution is -2.34. The van der Waals surface area contributed by atoms with Crippen LogP contribution in [0.1, 0.15) is 30.1 Å². The van der Waals surface area contributed by atoms with Crippen molar-refractivity contribution in [3.8, 4) is 0 Å². The maximum absolute atomic E-state index is 5.22. The van der Waals surface area contributed by atoms with E-state index in [0.717, 1.165) is 37.8 Å². The number of hydrogen-bond acceptors (Lipinski definition) is 4. The summed E-state index contributed by atoms with van der Waals surface area (Å²) < 4.78 is 5.22. The van der Waals surface area contributed by atoms with Gasteiger partial charge in [0, 0.05) is 13.0 Å². The molecule has 4 heteroatoms. The lowest BCUT2D eigenvalue weighted by atomic mass is 9.93. The van der Waals surface area contributed by atoms with E-state index in [4.69, 9.17) is 4.52 Å². The van der Waals surface area contributed by atoms with Gasteiger partial charge in [0.15, 0.2) is 5.82 Å². The molecule has 1 fully saturated rings. The SMILES string of the molecule is Cc1noc(CC2CCN(C/C=C/c3ccccc3)CC2)n1. The number of nitrogens with zero attached hydrogens (tertiary/aromatic N) is 3. The van der Waals surface area contributed by atoms with Crippen molar-refractivity contribution in [3.63, 3.8) is 0 Å². The number of aryl methyl sites for hydroxylation is 1. The molecule has 1 aliphatic rings. The molecule has 0 amide bonds. The molecule has 1 saturated heterocycles. The molecule has 0 saturated carbocycles. The Labute approximate surface area is 131 Å². The van der Waals surface area contributed by atoms with Crippen LogP contribution in [0.5, 0.6) is 0 Å². The van der Waals surface area contributed by atoms with Crippen LogP contribution in [-0.4, -0.2) is 34.7 Å². The predicted molar refractivity (Wildman–Crippen MR) is 87.4 cm³/mol. The Morgan fingerprint density at radius 1 is 1.23 bits per heavy atom. The highest BCUT2D eigenvalue weighted by molar-refractivity contribution is 5.48. The highest BCUT2D eigenvalue weighted by atomic mass is 16.5. The number of piperidine rings is 1. The quantitative estimate of drug-likeness (QED) is 0.849. The van der Waals surface area contributed by atoms with Crippen molar-refractivity contribution in [2.75, 3.05) is 19.6 Å². The lowest BCUT2D eigenvalue weighted by molar-refractivity contribution is 0.192. The molecule has 2 aromatic rings.